The van der Waals surface area contributed by atoms with E-state index in [1.54, 1.807) is 12.1 Å². The van der Waals surface area contributed by atoms with Gasteiger partial charge in [0.15, 0.2) is 0 Å². The zero-order chi connectivity index (χ0) is 18.0. The molecule has 128 valence electrons. The van der Waals surface area contributed by atoms with Gasteiger partial charge in [0.05, 0.1) is 5.56 Å². The molecule has 0 atom stereocenters. The highest BCUT2D eigenvalue weighted by Crippen LogP contribution is 2.38. The summed E-state index contributed by atoms with van der Waals surface area (Å²) in [5.41, 5.74) is 0.133. The van der Waals surface area contributed by atoms with Crippen LogP contribution in [0.2, 0.25) is 0 Å². The van der Waals surface area contributed by atoms with E-state index in [9.17, 15) is 23.1 Å². The quantitative estimate of drug-likeness (QED) is 0.572. The van der Waals surface area contributed by atoms with Crippen LogP contribution in [0.25, 0.3) is 22.9 Å². The lowest BCUT2D eigenvalue weighted by Crippen LogP contribution is -2.28. The molecule has 7 nitrogen and oxygen atoms in total. The Kier molecular flexibility index (Phi) is 4.09. The minimum absolute atomic E-state index is 0.0273. The van der Waals surface area contributed by atoms with Gasteiger partial charge in [-0.1, -0.05) is 6.07 Å². The zero-order valence-corrected chi connectivity index (χ0v) is 12.2. The number of aromatic hydroxyl groups is 1. The number of ether oxygens (including phenoxy) is 1. The molecule has 2 aromatic heterocycles. The Morgan fingerprint density at radius 2 is 1.88 bits per heavy atom. The van der Waals surface area contributed by atoms with Gasteiger partial charge in [-0.05, 0) is 24.3 Å². The molecule has 0 bridgehead atoms. The van der Waals surface area contributed by atoms with Gasteiger partial charge < -0.3 is 14.3 Å². The summed E-state index contributed by atoms with van der Waals surface area (Å²) in [6.07, 6.45) is -2.23. The molecule has 1 aromatic carbocycles. The summed E-state index contributed by atoms with van der Waals surface area (Å²) in [6, 6.07) is 6.69. The first-order chi connectivity index (χ1) is 11.9. The fourth-order valence-electron chi connectivity index (χ4n) is 1.91. The number of benzene rings is 1. The van der Waals surface area contributed by atoms with Crippen molar-refractivity contribution < 1.29 is 32.2 Å². The second-order valence-corrected chi connectivity index (χ2v) is 4.69. The molecule has 2 heterocycles. The maximum atomic E-state index is 12.4. The molecule has 25 heavy (non-hydrogen) atoms. The predicted molar refractivity (Wildman–Crippen MR) is 76.3 cm³/mol. The van der Waals surface area contributed by atoms with Crippen molar-refractivity contribution in [1.82, 2.24) is 15.2 Å². The van der Waals surface area contributed by atoms with Crippen LogP contribution in [0.1, 0.15) is 0 Å². The summed E-state index contributed by atoms with van der Waals surface area (Å²) in [5, 5.41) is 17.3. The zero-order valence-electron chi connectivity index (χ0n) is 12.2. The Hall–Kier alpha value is -3.43. The highest BCUT2D eigenvalue weighted by Gasteiger charge is 2.42. The highest BCUT2D eigenvalue weighted by atomic mass is 19.4. The van der Waals surface area contributed by atoms with Crippen LogP contribution in [0.4, 0.5) is 13.2 Å². The van der Waals surface area contributed by atoms with E-state index in [1.165, 1.54) is 24.5 Å². The number of aromatic nitrogens is 3. The van der Waals surface area contributed by atoms with E-state index in [-0.39, 0.29) is 17.3 Å². The number of pyridine rings is 1. The number of hydrogen-bond donors (Lipinski definition) is 1. The number of carbonyl (C=O) groups is 1. The van der Waals surface area contributed by atoms with Gasteiger partial charge in [-0.3, -0.25) is 4.98 Å². The van der Waals surface area contributed by atoms with E-state index in [0.717, 1.165) is 6.07 Å². The van der Waals surface area contributed by atoms with Gasteiger partial charge in [-0.15, -0.1) is 10.2 Å². The lowest BCUT2D eigenvalue weighted by Gasteiger charge is -2.10. The minimum atomic E-state index is -5.20. The summed E-state index contributed by atoms with van der Waals surface area (Å²) in [5.74, 6) is -3.79. The number of esters is 1. The van der Waals surface area contributed by atoms with Gasteiger partial charge in [-0.2, -0.15) is 13.2 Å². The van der Waals surface area contributed by atoms with Gasteiger partial charge in [-0.25, -0.2) is 4.79 Å². The first kappa shape index (κ1) is 16.4. The third kappa shape index (κ3) is 3.42. The van der Waals surface area contributed by atoms with Crippen molar-refractivity contribution in [2.45, 2.75) is 6.18 Å². The van der Waals surface area contributed by atoms with Crippen LogP contribution < -0.4 is 4.74 Å². The van der Waals surface area contributed by atoms with Crippen LogP contribution in [-0.4, -0.2) is 32.4 Å². The molecular weight excluding hydrogens is 343 g/mol. The van der Waals surface area contributed by atoms with Crippen molar-refractivity contribution in [2.24, 2.45) is 0 Å². The van der Waals surface area contributed by atoms with E-state index in [2.05, 4.69) is 19.9 Å². The first-order valence-electron chi connectivity index (χ1n) is 6.71. The Morgan fingerprint density at radius 1 is 1.12 bits per heavy atom. The molecule has 3 aromatic rings. The van der Waals surface area contributed by atoms with Crippen LogP contribution in [0.3, 0.4) is 0 Å². The molecule has 0 amide bonds. The first-order valence-corrected chi connectivity index (χ1v) is 6.71. The molecule has 0 aliphatic heterocycles. The van der Waals surface area contributed by atoms with Crippen molar-refractivity contribution in [2.75, 3.05) is 0 Å². The Morgan fingerprint density at radius 3 is 2.56 bits per heavy atom. The van der Waals surface area contributed by atoms with Crippen molar-refractivity contribution in [1.29, 1.82) is 0 Å². The third-order valence-corrected chi connectivity index (χ3v) is 2.99. The lowest BCUT2D eigenvalue weighted by molar-refractivity contribution is -0.189. The van der Waals surface area contributed by atoms with Crippen LogP contribution in [-0.2, 0) is 4.79 Å². The number of phenols is 1. The van der Waals surface area contributed by atoms with Crippen molar-refractivity contribution in [3.63, 3.8) is 0 Å². The fraction of sp³-hybridized carbons (Fsp3) is 0.0667. The monoisotopic (exact) mass is 351 g/mol. The average molecular weight is 351 g/mol. The predicted octanol–water partition coefficient (Wildman–Crippen LogP) is 2.97. The van der Waals surface area contributed by atoms with Gasteiger partial charge in [0.25, 0.3) is 5.89 Å². The molecule has 1 N–H and O–H groups in total. The number of phenolic OH excluding ortho intramolecular Hbond substituents is 1. The molecule has 10 heteroatoms. The number of carbonyl (C=O) groups excluding carboxylic acids is 1. The van der Waals surface area contributed by atoms with Crippen LogP contribution >= 0.6 is 0 Å². The standard InChI is InChI=1S/C15H8F3N3O4/c16-15(17,18)14(23)24-10-5-1-4-9(22)11(10)13-21-20-12(25-13)8-3-2-6-19-7-8/h1-7,22H. The minimum Gasteiger partial charge on any atom is -0.507 e. The second kappa shape index (κ2) is 6.23. The van der Waals surface area contributed by atoms with E-state index in [0.29, 0.717) is 5.56 Å². The molecule has 0 unspecified atom stereocenters. The summed E-state index contributed by atoms with van der Waals surface area (Å²) in [4.78, 5) is 14.9. The van der Waals surface area contributed by atoms with E-state index in [4.69, 9.17) is 4.42 Å². The maximum absolute atomic E-state index is 12.4. The molecule has 0 spiro atoms. The van der Waals surface area contributed by atoms with Crippen molar-refractivity contribution in [3.8, 4) is 34.4 Å². The van der Waals surface area contributed by atoms with Crippen LogP contribution in [0.5, 0.6) is 11.5 Å². The number of alkyl halides is 3. The Labute approximate surface area is 137 Å². The summed E-state index contributed by atoms with van der Waals surface area (Å²) >= 11 is 0. The number of halogens is 3. The molecule has 0 aliphatic carbocycles. The third-order valence-electron chi connectivity index (χ3n) is 2.99. The van der Waals surface area contributed by atoms with Gasteiger partial charge in [0.2, 0.25) is 5.89 Å². The second-order valence-electron chi connectivity index (χ2n) is 4.69. The van der Waals surface area contributed by atoms with E-state index in [1.807, 2.05) is 0 Å². The van der Waals surface area contributed by atoms with Crippen molar-refractivity contribution in [3.05, 3.63) is 42.7 Å². The molecule has 3 rings (SSSR count). The van der Waals surface area contributed by atoms with E-state index >= 15 is 0 Å². The molecule has 0 radical (unpaired) electrons. The van der Waals surface area contributed by atoms with Gasteiger partial charge >= 0.3 is 12.1 Å². The molecule has 0 fully saturated rings. The van der Waals surface area contributed by atoms with Crippen LogP contribution in [0, 0.1) is 0 Å². The summed E-state index contributed by atoms with van der Waals surface area (Å²) in [7, 11) is 0. The number of hydrogen-bond acceptors (Lipinski definition) is 7. The highest BCUT2D eigenvalue weighted by molar-refractivity contribution is 5.81. The normalized spacial score (nSPS) is 11.3. The number of rotatable bonds is 3. The average Bonchev–Trinajstić information content (AvgIpc) is 3.04. The van der Waals surface area contributed by atoms with Crippen LogP contribution in [0.15, 0.2) is 47.1 Å². The largest absolute Gasteiger partial charge is 0.507 e. The topological polar surface area (TPSA) is 98.3 Å². The smallest absolute Gasteiger partial charge is 0.491 e. The molecule has 0 aliphatic rings. The fourth-order valence-corrected chi connectivity index (χ4v) is 1.91. The Bertz CT molecular complexity index is 910. The van der Waals surface area contributed by atoms with Gasteiger partial charge in [0, 0.05) is 12.4 Å². The maximum Gasteiger partial charge on any atom is 0.491 e. The Balaban J connectivity index is 2.00. The van der Waals surface area contributed by atoms with E-state index < -0.39 is 23.6 Å². The summed E-state index contributed by atoms with van der Waals surface area (Å²) in [6.45, 7) is 0. The molecular formula is C15H8F3N3O4. The molecule has 0 saturated carbocycles. The SMILES string of the molecule is O=C(Oc1cccc(O)c1-c1nnc(-c2cccnc2)o1)C(F)(F)F. The molecule has 0 saturated heterocycles. The van der Waals surface area contributed by atoms with Crippen molar-refractivity contribution >= 4 is 5.97 Å². The number of nitrogens with zero attached hydrogens (tertiary/aromatic N) is 3. The summed E-state index contributed by atoms with van der Waals surface area (Å²) < 4.78 is 46.8. The van der Waals surface area contributed by atoms with Gasteiger partial charge in [0.1, 0.15) is 17.1 Å². The lowest BCUT2D eigenvalue weighted by atomic mass is 10.2.